The van der Waals surface area contributed by atoms with Crippen molar-refractivity contribution in [3.63, 3.8) is 0 Å². The lowest BCUT2D eigenvalue weighted by Crippen LogP contribution is -2.22. The molecule has 0 radical (unpaired) electrons. The van der Waals surface area contributed by atoms with E-state index in [1.807, 2.05) is 0 Å². The molecule has 0 saturated heterocycles. The Morgan fingerprint density at radius 1 is 1.12 bits per heavy atom. The van der Waals surface area contributed by atoms with E-state index in [4.69, 9.17) is 0 Å². The van der Waals surface area contributed by atoms with E-state index in [1.54, 1.807) is 0 Å². The highest BCUT2D eigenvalue weighted by Gasteiger charge is 2.01. The summed E-state index contributed by atoms with van der Waals surface area (Å²) in [5, 5.41) is 3.44. The fraction of sp³-hybridized carbons (Fsp3) is 0.571. The number of rotatable bonds is 7. The Balaban J connectivity index is 2.62. The van der Waals surface area contributed by atoms with Gasteiger partial charge in [0.15, 0.2) is 0 Å². The summed E-state index contributed by atoms with van der Waals surface area (Å²) in [4.78, 5) is 2.38. The number of hydrogen-bond donors (Lipinski definition) is 1. The minimum atomic E-state index is 0.975. The zero-order chi connectivity index (χ0) is 11.8. The van der Waals surface area contributed by atoms with Crippen molar-refractivity contribution in [3.8, 4) is 0 Å². The van der Waals surface area contributed by atoms with Crippen LogP contribution >= 0.6 is 0 Å². The first kappa shape index (κ1) is 13.0. The normalized spacial score (nSPS) is 10.4. The van der Waals surface area contributed by atoms with E-state index in [1.165, 1.54) is 17.7 Å². The molecule has 0 aliphatic rings. The van der Waals surface area contributed by atoms with E-state index in [0.717, 1.165) is 26.2 Å². The van der Waals surface area contributed by atoms with E-state index >= 15 is 0 Å². The van der Waals surface area contributed by atoms with Gasteiger partial charge >= 0.3 is 0 Å². The van der Waals surface area contributed by atoms with E-state index < -0.39 is 0 Å². The second-order valence-electron chi connectivity index (χ2n) is 4.02. The minimum absolute atomic E-state index is 0.975. The third-order valence-electron chi connectivity index (χ3n) is 2.80. The molecule has 0 heterocycles. The summed E-state index contributed by atoms with van der Waals surface area (Å²) in [6.07, 6.45) is 1.19. The van der Waals surface area contributed by atoms with Crippen LogP contribution in [-0.4, -0.2) is 19.6 Å². The van der Waals surface area contributed by atoms with Gasteiger partial charge in [0, 0.05) is 25.3 Å². The van der Waals surface area contributed by atoms with Crippen molar-refractivity contribution < 1.29 is 0 Å². The standard InChI is InChI=1S/C14H24N2/c1-4-10-15-12-13-8-7-9-14(11-13)16(5-2)6-3/h7-9,11,15H,4-6,10,12H2,1-3H3. The molecular weight excluding hydrogens is 196 g/mol. The average Bonchev–Trinajstić information content (AvgIpc) is 2.32. The van der Waals surface area contributed by atoms with Gasteiger partial charge in [-0.25, -0.2) is 0 Å². The van der Waals surface area contributed by atoms with Gasteiger partial charge in [-0.1, -0.05) is 19.1 Å². The Hall–Kier alpha value is -1.02. The first-order valence-electron chi connectivity index (χ1n) is 6.36. The fourth-order valence-corrected chi connectivity index (χ4v) is 1.86. The zero-order valence-corrected chi connectivity index (χ0v) is 10.8. The van der Waals surface area contributed by atoms with Crippen LogP contribution in [0, 0.1) is 0 Å². The molecule has 2 nitrogen and oxygen atoms in total. The smallest absolute Gasteiger partial charge is 0.0369 e. The zero-order valence-electron chi connectivity index (χ0n) is 10.8. The molecule has 0 amide bonds. The molecule has 2 heteroatoms. The molecule has 0 aliphatic carbocycles. The maximum Gasteiger partial charge on any atom is 0.0369 e. The molecule has 0 saturated carbocycles. The van der Waals surface area contributed by atoms with Gasteiger partial charge in [-0.05, 0) is 44.5 Å². The lowest BCUT2D eigenvalue weighted by molar-refractivity contribution is 0.675. The third kappa shape index (κ3) is 3.86. The first-order chi connectivity index (χ1) is 7.81. The second-order valence-corrected chi connectivity index (χ2v) is 4.02. The van der Waals surface area contributed by atoms with Crippen LogP contribution in [0.3, 0.4) is 0 Å². The Morgan fingerprint density at radius 2 is 1.88 bits per heavy atom. The van der Waals surface area contributed by atoms with Crippen LogP contribution in [0.5, 0.6) is 0 Å². The van der Waals surface area contributed by atoms with Crippen LogP contribution in [0.4, 0.5) is 5.69 Å². The largest absolute Gasteiger partial charge is 0.372 e. The maximum absolute atomic E-state index is 3.44. The molecule has 1 rings (SSSR count). The van der Waals surface area contributed by atoms with Crippen molar-refractivity contribution in [1.29, 1.82) is 0 Å². The molecule has 1 N–H and O–H groups in total. The molecule has 0 aromatic heterocycles. The summed E-state index contributed by atoms with van der Waals surface area (Å²) in [5.74, 6) is 0. The average molecular weight is 220 g/mol. The van der Waals surface area contributed by atoms with Crippen molar-refractivity contribution in [2.45, 2.75) is 33.7 Å². The quantitative estimate of drug-likeness (QED) is 0.711. The van der Waals surface area contributed by atoms with Gasteiger partial charge in [0.2, 0.25) is 0 Å². The van der Waals surface area contributed by atoms with Gasteiger partial charge in [0.25, 0.3) is 0 Å². The molecule has 0 spiro atoms. The summed E-state index contributed by atoms with van der Waals surface area (Å²) in [7, 11) is 0. The van der Waals surface area contributed by atoms with E-state index in [9.17, 15) is 0 Å². The Bertz CT molecular complexity index is 293. The van der Waals surface area contributed by atoms with Gasteiger partial charge in [-0.15, -0.1) is 0 Å². The molecule has 0 fully saturated rings. The third-order valence-corrected chi connectivity index (χ3v) is 2.80. The van der Waals surface area contributed by atoms with Crippen LogP contribution in [0.25, 0.3) is 0 Å². The van der Waals surface area contributed by atoms with E-state index in [2.05, 4.69) is 55.3 Å². The first-order valence-corrected chi connectivity index (χ1v) is 6.36. The number of anilines is 1. The monoisotopic (exact) mass is 220 g/mol. The Labute approximate surface area is 99.7 Å². The predicted octanol–water partition coefficient (Wildman–Crippen LogP) is 3.03. The van der Waals surface area contributed by atoms with Gasteiger partial charge in [0.1, 0.15) is 0 Å². The molecule has 0 atom stereocenters. The SMILES string of the molecule is CCCNCc1cccc(N(CC)CC)c1. The highest BCUT2D eigenvalue weighted by Crippen LogP contribution is 2.15. The number of nitrogens with one attached hydrogen (secondary N) is 1. The van der Waals surface area contributed by atoms with Gasteiger partial charge in [-0.2, -0.15) is 0 Å². The van der Waals surface area contributed by atoms with Crippen LogP contribution in [0.2, 0.25) is 0 Å². The molecule has 0 unspecified atom stereocenters. The summed E-state index contributed by atoms with van der Waals surface area (Å²) >= 11 is 0. The van der Waals surface area contributed by atoms with Gasteiger partial charge < -0.3 is 10.2 Å². The highest BCUT2D eigenvalue weighted by molar-refractivity contribution is 5.48. The molecule has 16 heavy (non-hydrogen) atoms. The topological polar surface area (TPSA) is 15.3 Å². The van der Waals surface area contributed by atoms with E-state index in [-0.39, 0.29) is 0 Å². The molecule has 90 valence electrons. The Kier molecular flexibility index (Phi) is 5.94. The number of nitrogens with zero attached hydrogens (tertiary/aromatic N) is 1. The van der Waals surface area contributed by atoms with Crippen LogP contribution in [0.1, 0.15) is 32.8 Å². The summed E-state index contributed by atoms with van der Waals surface area (Å²) in [6, 6.07) is 8.82. The fourth-order valence-electron chi connectivity index (χ4n) is 1.86. The second kappa shape index (κ2) is 7.29. The summed E-state index contributed by atoms with van der Waals surface area (Å²) in [6.45, 7) is 10.8. The van der Waals surface area contributed by atoms with Gasteiger partial charge in [0.05, 0.1) is 0 Å². The number of hydrogen-bond acceptors (Lipinski definition) is 2. The van der Waals surface area contributed by atoms with Gasteiger partial charge in [-0.3, -0.25) is 0 Å². The predicted molar refractivity (Wildman–Crippen MR) is 72.0 cm³/mol. The minimum Gasteiger partial charge on any atom is -0.372 e. The number of benzene rings is 1. The van der Waals surface area contributed by atoms with Crippen LogP contribution in [-0.2, 0) is 6.54 Å². The summed E-state index contributed by atoms with van der Waals surface area (Å²) in [5.41, 5.74) is 2.71. The van der Waals surface area contributed by atoms with Crippen molar-refractivity contribution in [2.24, 2.45) is 0 Å². The van der Waals surface area contributed by atoms with E-state index in [0.29, 0.717) is 0 Å². The van der Waals surface area contributed by atoms with Crippen molar-refractivity contribution in [3.05, 3.63) is 29.8 Å². The Morgan fingerprint density at radius 3 is 2.50 bits per heavy atom. The molecule has 1 aromatic rings. The highest BCUT2D eigenvalue weighted by atomic mass is 15.1. The van der Waals surface area contributed by atoms with Crippen molar-refractivity contribution >= 4 is 5.69 Å². The maximum atomic E-state index is 3.44. The van der Waals surface area contributed by atoms with Crippen LogP contribution < -0.4 is 10.2 Å². The molecular formula is C14H24N2. The summed E-state index contributed by atoms with van der Waals surface area (Å²) < 4.78 is 0. The lowest BCUT2D eigenvalue weighted by atomic mass is 10.2. The van der Waals surface area contributed by atoms with Crippen molar-refractivity contribution in [1.82, 2.24) is 5.32 Å². The lowest BCUT2D eigenvalue weighted by Gasteiger charge is -2.21. The molecule has 0 aliphatic heterocycles. The van der Waals surface area contributed by atoms with Crippen molar-refractivity contribution in [2.75, 3.05) is 24.5 Å². The van der Waals surface area contributed by atoms with Crippen LogP contribution in [0.15, 0.2) is 24.3 Å². The molecule has 0 bridgehead atoms. The molecule has 1 aromatic carbocycles.